The van der Waals surface area contributed by atoms with Gasteiger partial charge in [0.15, 0.2) is 0 Å². The number of benzene rings is 2. The molecular weight excluding hydrogens is 379 g/mol. The average Bonchev–Trinajstić information content (AvgIpc) is 3.17. The van der Waals surface area contributed by atoms with Crippen molar-refractivity contribution in [2.75, 3.05) is 0 Å². The molecule has 0 aliphatic heterocycles. The van der Waals surface area contributed by atoms with Crippen LogP contribution in [0.25, 0.3) is 33.4 Å². The molecule has 29 heavy (non-hydrogen) atoms. The van der Waals surface area contributed by atoms with Gasteiger partial charge in [0.25, 0.3) is 0 Å². The Balaban J connectivity index is 1.71. The summed E-state index contributed by atoms with van der Waals surface area (Å²) in [5.41, 5.74) is 4.43. The number of rotatable bonds is 2. The van der Waals surface area contributed by atoms with Gasteiger partial charge in [-0.3, -0.25) is 4.98 Å². The lowest BCUT2D eigenvalue weighted by atomic mass is 9.86. The Morgan fingerprint density at radius 1 is 0.828 bits per heavy atom. The van der Waals surface area contributed by atoms with Gasteiger partial charge >= 0.3 is 12.1 Å². The van der Waals surface area contributed by atoms with Crippen LogP contribution in [0.3, 0.4) is 0 Å². The second-order valence-electron chi connectivity index (χ2n) is 7.88. The minimum Gasteiger partial charge on any atom is -0.329 e. The fourth-order valence-corrected chi connectivity index (χ4v) is 3.05. The first-order chi connectivity index (χ1) is 13.6. The monoisotopic (exact) mass is 397 g/mol. The van der Waals surface area contributed by atoms with Gasteiger partial charge in [-0.05, 0) is 40.3 Å². The van der Waals surface area contributed by atoms with Gasteiger partial charge in [0, 0.05) is 17.1 Å². The number of halogens is 3. The molecule has 0 spiro atoms. The summed E-state index contributed by atoms with van der Waals surface area (Å²) in [6.45, 7) is 6.48. The molecule has 0 aliphatic rings. The molecule has 0 saturated heterocycles. The number of pyridine rings is 1. The molecule has 0 aliphatic carbocycles. The Morgan fingerprint density at radius 2 is 1.48 bits per heavy atom. The summed E-state index contributed by atoms with van der Waals surface area (Å²) in [4.78, 5) is 7.74. The smallest absolute Gasteiger partial charge is 0.329 e. The molecule has 0 radical (unpaired) electrons. The molecule has 0 saturated carbocycles. The van der Waals surface area contributed by atoms with Crippen molar-refractivity contribution in [1.29, 1.82) is 0 Å². The lowest BCUT2D eigenvalue weighted by Crippen LogP contribution is -2.10. The highest BCUT2D eigenvalue weighted by atomic mass is 19.4. The van der Waals surface area contributed by atoms with Gasteiger partial charge in [0.1, 0.15) is 0 Å². The van der Waals surface area contributed by atoms with Crippen LogP contribution in [0.1, 0.15) is 32.2 Å². The molecule has 0 fully saturated rings. The lowest BCUT2D eigenvalue weighted by molar-refractivity contribution is -0.159. The summed E-state index contributed by atoms with van der Waals surface area (Å²) in [5.74, 6) is -1.52. The molecule has 0 bridgehead atoms. The molecule has 2 aromatic heterocycles. The van der Waals surface area contributed by atoms with Crippen LogP contribution in [0.2, 0.25) is 0 Å². The minimum absolute atomic E-state index is 0.0700. The average molecular weight is 397 g/mol. The fraction of sp³-hybridized carbons (Fsp3) is 0.227. The van der Waals surface area contributed by atoms with Gasteiger partial charge in [0.05, 0.1) is 5.52 Å². The summed E-state index contributed by atoms with van der Waals surface area (Å²) >= 11 is 0. The van der Waals surface area contributed by atoms with Gasteiger partial charge in [-0.25, -0.2) is 0 Å². The number of fused-ring (bicyclic) bond motifs is 1. The van der Waals surface area contributed by atoms with Crippen molar-refractivity contribution in [2.45, 2.75) is 32.4 Å². The van der Waals surface area contributed by atoms with Gasteiger partial charge in [-0.1, -0.05) is 56.3 Å². The molecule has 2 heterocycles. The third kappa shape index (κ3) is 3.85. The van der Waals surface area contributed by atoms with Crippen LogP contribution in [0.4, 0.5) is 13.2 Å². The van der Waals surface area contributed by atoms with Gasteiger partial charge < -0.3 is 4.52 Å². The van der Waals surface area contributed by atoms with Crippen molar-refractivity contribution in [2.24, 2.45) is 0 Å². The molecule has 4 aromatic rings. The van der Waals surface area contributed by atoms with Crippen LogP contribution >= 0.6 is 0 Å². The molecular formula is C22H18F3N3O. The maximum absolute atomic E-state index is 12.7. The molecule has 4 rings (SSSR count). The second-order valence-corrected chi connectivity index (χ2v) is 7.88. The van der Waals surface area contributed by atoms with Gasteiger partial charge in [0.2, 0.25) is 5.82 Å². The number of hydrogen-bond donors (Lipinski definition) is 0. The number of alkyl halides is 3. The molecule has 0 amide bonds. The Labute approximate surface area is 165 Å². The normalized spacial score (nSPS) is 12.5. The first-order valence-corrected chi connectivity index (χ1v) is 9.03. The first-order valence-electron chi connectivity index (χ1n) is 9.03. The van der Waals surface area contributed by atoms with E-state index in [1.54, 1.807) is 6.07 Å². The van der Waals surface area contributed by atoms with E-state index in [2.05, 4.69) is 64.7 Å². The van der Waals surface area contributed by atoms with Crippen molar-refractivity contribution in [1.82, 2.24) is 15.1 Å². The van der Waals surface area contributed by atoms with Crippen molar-refractivity contribution < 1.29 is 17.7 Å². The van der Waals surface area contributed by atoms with E-state index in [0.29, 0.717) is 5.56 Å². The van der Waals surface area contributed by atoms with E-state index < -0.39 is 12.1 Å². The maximum Gasteiger partial charge on any atom is 0.471 e. The van der Waals surface area contributed by atoms with Crippen LogP contribution in [0, 0.1) is 0 Å². The Bertz CT molecular complexity index is 1170. The summed E-state index contributed by atoms with van der Waals surface area (Å²) in [6, 6.07) is 15.8. The van der Waals surface area contributed by atoms with E-state index in [0.717, 1.165) is 22.0 Å². The molecule has 0 unspecified atom stereocenters. The zero-order chi connectivity index (χ0) is 20.8. The molecule has 2 aromatic carbocycles. The molecule has 0 atom stereocenters. The summed E-state index contributed by atoms with van der Waals surface area (Å²) in [7, 11) is 0. The highest BCUT2D eigenvalue weighted by Gasteiger charge is 2.38. The largest absolute Gasteiger partial charge is 0.471 e. The van der Waals surface area contributed by atoms with Crippen molar-refractivity contribution in [3.8, 4) is 22.5 Å². The number of aromatic nitrogens is 3. The van der Waals surface area contributed by atoms with Crippen LogP contribution in [-0.4, -0.2) is 15.1 Å². The molecule has 148 valence electrons. The quantitative estimate of drug-likeness (QED) is 0.400. The Morgan fingerprint density at radius 3 is 2.10 bits per heavy atom. The van der Waals surface area contributed by atoms with E-state index in [9.17, 15) is 13.2 Å². The van der Waals surface area contributed by atoms with Crippen LogP contribution in [0.15, 0.2) is 59.3 Å². The zero-order valence-corrected chi connectivity index (χ0v) is 16.1. The van der Waals surface area contributed by atoms with Gasteiger partial charge in [-0.15, -0.1) is 0 Å². The maximum atomic E-state index is 12.7. The molecule has 7 heteroatoms. The summed E-state index contributed by atoms with van der Waals surface area (Å²) in [5, 5.41) is 4.20. The zero-order valence-electron chi connectivity index (χ0n) is 16.1. The molecule has 4 nitrogen and oxygen atoms in total. The highest BCUT2D eigenvalue weighted by Crippen LogP contribution is 2.31. The van der Waals surface area contributed by atoms with Crippen LogP contribution in [0.5, 0.6) is 0 Å². The standard InChI is InChI=1S/C22H18F3N3O/c1-21(2,3)17-7-4-13(5-8-17)14-6-9-18-15(10-14)11-16(12-26-18)19-27-20(29-28-19)22(23,24)25/h4-12H,1-3H3. The van der Waals surface area contributed by atoms with E-state index in [1.165, 1.54) is 11.8 Å². The molecule has 0 N–H and O–H groups in total. The van der Waals surface area contributed by atoms with E-state index in [1.807, 2.05) is 18.2 Å². The van der Waals surface area contributed by atoms with E-state index in [-0.39, 0.29) is 11.2 Å². The Hall–Kier alpha value is -3.22. The SMILES string of the molecule is CC(C)(C)c1ccc(-c2ccc3ncc(-c4noc(C(F)(F)F)n4)cc3c2)cc1. The van der Waals surface area contributed by atoms with E-state index in [4.69, 9.17) is 0 Å². The number of hydrogen-bond acceptors (Lipinski definition) is 4. The van der Waals surface area contributed by atoms with Crippen molar-refractivity contribution in [3.63, 3.8) is 0 Å². The van der Waals surface area contributed by atoms with Gasteiger partial charge in [-0.2, -0.15) is 18.2 Å². The van der Waals surface area contributed by atoms with E-state index >= 15 is 0 Å². The first kappa shape index (κ1) is 19.1. The highest BCUT2D eigenvalue weighted by molar-refractivity contribution is 5.87. The van der Waals surface area contributed by atoms with Crippen LogP contribution in [-0.2, 0) is 11.6 Å². The predicted octanol–water partition coefficient (Wildman–Crippen LogP) is 6.27. The number of nitrogens with zero attached hydrogens (tertiary/aromatic N) is 3. The topological polar surface area (TPSA) is 51.8 Å². The van der Waals surface area contributed by atoms with Crippen molar-refractivity contribution >= 4 is 10.9 Å². The summed E-state index contributed by atoms with van der Waals surface area (Å²) in [6.07, 6.45) is -3.24. The fourth-order valence-electron chi connectivity index (χ4n) is 3.05. The van der Waals surface area contributed by atoms with Crippen molar-refractivity contribution in [3.05, 3.63) is 66.2 Å². The third-order valence-corrected chi connectivity index (χ3v) is 4.69. The van der Waals surface area contributed by atoms with Crippen LogP contribution < -0.4 is 0 Å². The lowest BCUT2D eigenvalue weighted by Gasteiger charge is -2.19. The third-order valence-electron chi connectivity index (χ3n) is 4.69. The minimum atomic E-state index is -4.68. The predicted molar refractivity (Wildman–Crippen MR) is 104 cm³/mol. The Kier molecular flexibility index (Phi) is 4.41. The summed E-state index contributed by atoms with van der Waals surface area (Å²) < 4.78 is 42.4. The second kappa shape index (κ2) is 6.69.